The summed E-state index contributed by atoms with van der Waals surface area (Å²) in [7, 11) is 0. The fourth-order valence-corrected chi connectivity index (χ4v) is 6.17. The minimum absolute atomic E-state index is 0.0413. The maximum absolute atomic E-state index is 13.8. The molecule has 7 amide bonds. The lowest BCUT2D eigenvalue weighted by atomic mass is 10.0. The molecule has 1 aliphatic rings. The van der Waals surface area contributed by atoms with E-state index in [2.05, 4.69) is 26.6 Å². The van der Waals surface area contributed by atoms with E-state index in [9.17, 15) is 68.7 Å². The van der Waals surface area contributed by atoms with E-state index in [4.69, 9.17) is 11.5 Å². The van der Waals surface area contributed by atoms with Gasteiger partial charge in [0.05, 0.1) is 19.1 Å². The van der Waals surface area contributed by atoms with E-state index in [1.165, 1.54) is 55.5 Å². The molecule has 0 bridgehead atoms. The largest absolute Gasteiger partial charge is 0.508 e. The van der Waals surface area contributed by atoms with Gasteiger partial charge in [-0.05, 0) is 61.6 Å². The van der Waals surface area contributed by atoms with E-state index < -0.39 is 121 Å². The Balaban J connectivity index is 1.79. The Labute approximate surface area is 343 Å². The van der Waals surface area contributed by atoms with Crippen LogP contribution < -0.4 is 38.1 Å². The summed E-state index contributed by atoms with van der Waals surface area (Å²) >= 11 is 0. The Hall–Kier alpha value is -6.81. The highest BCUT2D eigenvalue weighted by molar-refractivity contribution is 5.97. The molecule has 22 heteroatoms. The molecule has 3 rings (SSSR count). The van der Waals surface area contributed by atoms with Crippen LogP contribution in [0.3, 0.4) is 0 Å². The molecule has 0 aliphatic carbocycles. The first-order valence-corrected chi connectivity index (χ1v) is 18.8. The van der Waals surface area contributed by atoms with E-state index in [1.54, 1.807) is 0 Å². The van der Waals surface area contributed by atoms with Crippen molar-refractivity contribution < 1.29 is 68.7 Å². The predicted molar refractivity (Wildman–Crippen MR) is 207 cm³/mol. The number of aromatic hydroxyl groups is 2. The number of carboxylic acid groups (broad SMARTS) is 2. The minimum Gasteiger partial charge on any atom is -0.508 e. The van der Waals surface area contributed by atoms with Crippen molar-refractivity contribution in [1.82, 2.24) is 31.5 Å². The van der Waals surface area contributed by atoms with Crippen LogP contribution in [-0.2, 0) is 56.0 Å². The molecule has 1 heterocycles. The zero-order valence-electron chi connectivity index (χ0n) is 32.5. The van der Waals surface area contributed by atoms with Crippen molar-refractivity contribution in [1.29, 1.82) is 0 Å². The van der Waals surface area contributed by atoms with E-state index in [0.29, 0.717) is 17.5 Å². The number of amides is 7. The second-order valence-electron chi connectivity index (χ2n) is 14.1. The maximum Gasteiger partial charge on any atom is 0.326 e. The van der Waals surface area contributed by atoms with Gasteiger partial charge in [-0.25, -0.2) is 4.79 Å². The van der Waals surface area contributed by atoms with Crippen molar-refractivity contribution in [2.24, 2.45) is 11.5 Å². The van der Waals surface area contributed by atoms with E-state index >= 15 is 0 Å². The second kappa shape index (κ2) is 22.4. The van der Waals surface area contributed by atoms with Crippen molar-refractivity contribution in [2.45, 2.75) is 94.2 Å². The van der Waals surface area contributed by atoms with Crippen LogP contribution in [0, 0.1) is 0 Å². The Morgan fingerprint density at radius 3 is 1.65 bits per heavy atom. The fourth-order valence-electron chi connectivity index (χ4n) is 6.17. The fraction of sp³-hybridized carbons (Fsp3) is 0.447. The maximum atomic E-state index is 13.8. The molecule has 1 aliphatic heterocycles. The van der Waals surface area contributed by atoms with Gasteiger partial charge in [-0.15, -0.1) is 0 Å². The summed E-state index contributed by atoms with van der Waals surface area (Å²) in [6.07, 6.45) is -1.47. The summed E-state index contributed by atoms with van der Waals surface area (Å²) in [6.45, 7) is 0.238. The molecular weight excluding hydrogens is 792 g/mol. The zero-order valence-corrected chi connectivity index (χ0v) is 32.5. The molecule has 14 N–H and O–H groups in total. The topological polar surface area (TPSA) is 370 Å². The monoisotopic (exact) mass is 842 g/mol. The average molecular weight is 843 g/mol. The van der Waals surface area contributed by atoms with Gasteiger partial charge < -0.3 is 68.5 Å². The highest BCUT2D eigenvalue weighted by Crippen LogP contribution is 2.20. The summed E-state index contributed by atoms with van der Waals surface area (Å²) in [6, 6.07) is 0.984. The number of nitrogens with zero attached hydrogens (tertiary/aromatic N) is 1. The third-order valence-electron chi connectivity index (χ3n) is 9.43. The Bertz CT molecular complexity index is 1890. The smallest absolute Gasteiger partial charge is 0.326 e. The quantitative estimate of drug-likeness (QED) is 0.0546. The lowest BCUT2D eigenvalue weighted by molar-refractivity contribution is -0.150. The molecule has 2 aromatic carbocycles. The van der Waals surface area contributed by atoms with Crippen LogP contribution in [0.2, 0.25) is 0 Å². The van der Waals surface area contributed by atoms with E-state index in [-0.39, 0.29) is 37.3 Å². The number of carbonyl (C=O) groups is 9. The molecule has 0 saturated carbocycles. The molecule has 0 radical (unpaired) electrons. The van der Waals surface area contributed by atoms with Crippen molar-refractivity contribution in [3.05, 3.63) is 59.7 Å². The first-order valence-electron chi connectivity index (χ1n) is 18.8. The van der Waals surface area contributed by atoms with Gasteiger partial charge in [0.2, 0.25) is 41.4 Å². The molecule has 22 nitrogen and oxygen atoms in total. The van der Waals surface area contributed by atoms with Gasteiger partial charge >= 0.3 is 11.9 Å². The molecular formula is C38H50N8O14. The number of aliphatic hydroxyl groups excluding tert-OH is 1. The van der Waals surface area contributed by atoms with Crippen molar-refractivity contribution in [3.63, 3.8) is 0 Å². The number of benzene rings is 2. The number of aliphatic carboxylic acids is 2. The zero-order chi connectivity index (χ0) is 44.7. The molecule has 60 heavy (non-hydrogen) atoms. The molecule has 1 fully saturated rings. The first-order chi connectivity index (χ1) is 28.3. The second-order valence-corrected chi connectivity index (χ2v) is 14.1. The minimum atomic E-state index is -1.73. The number of primary amides is 1. The third-order valence-corrected chi connectivity index (χ3v) is 9.43. The molecule has 1 saturated heterocycles. The molecule has 7 atom stereocenters. The summed E-state index contributed by atoms with van der Waals surface area (Å²) in [5, 5.41) is 60.1. The van der Waals surface area contributed by atoms with Gasteiger partial charge in [-0.3, -0.25) is 38.4 Å². The highest BCUT2D eigenvalue weighted by Gasteiger charge is 2.39. The number of likely N-dealkylation sites (tertiary alicyclic amines) is 1. The van der Waals surface area contributed by atoms with Gasteiger partial charge in [0.1, 0.15) is 47.8 Å². The first kappa shape index (κ1) is 47.6. The molecule has 0 spiro atoms. The normalized spacial score (nSPS) is 16.4. The van der Waals surface area contributed by atoms with Gasteiger partial charge in [0.15, 0.2) is 0 Å². The lowest BCUT2D eigenvalue weighted by Crippen LogP contribution is -2.60. The van der Waals surface area contributed by atoms with Crippen molar-refractivity contribution in [3.8, 4) is 11.5 Å². The number of nitrogens with one attached hydrogen (secondary N) is 5. The van der Waals surface area contributed by atoms with Crippen LogP contribution in [-0.4, -0.2) is 139 Å². The van der Waals surface area contributed by atoms with Gasteiger partial charge in [-0.1, -0.05) is 24.3 Å². The molecule has 326 valence electrons. The summed E-state index contributed by atoms with van der Waals surface area (Å²) < 4.78 is 0. The highest BCUT2D eigenvalue weighted by atomic mass is 16.4. The lowest BCUT2D eigenvalue weighted by Gasteiger charge is -2.28. The number of hydrogen-bond acceptors (Lipinski definition) is 13. The Kier molecular flexibility index (Phi) is 17.7. The van der Waals surface area contributed by atoms with Gasteiger partial charge in [-0.2, -0.15) is 0 Å². The summed E-state index contributed by atoms with van der Waals surface area (Å²) in [5.74, 6) is -9.42. The number of nitrogens with two attached hydrogens (primary N) is 2. The number of aliphatic hydroxyl groups is 1. The summed E-state index contributed by atoms with van der Waals surface area (Å²) in [4.78, 5) is 116. The molecule has 0 aromatic heterocycles. The standard InChI is InChI=1S/C38H50N8O14/c1-19(32(53)45-28(18-47)36(57)42-25(12-13-31(51)52)37(58)46-14-2-3-29(46)38(59)60)41-34(55)26(15-20-4-8-22(48)9-5-20)44-35(56)27(16-21-6-10-23(49)11-7-21)43-33(54)24(39)17-30(40)50/h4-11,19,24-29,47-49H,2-3,12-18,39H2,1H3,(H2,40,50)(H,41,55)(H,42,57)(H,43,54)(H,44,56)(H,45,53)(H,51,52)(H,59,60)/t19-,24-,25-,26-,27-,28-,29-/m0/s1. The van der Waals surface area contributed by atoms with Crippen LogP contribution in [0.1, 0.15) is 50.2 Å². The number of carbonyl (C=O) groups excluding carboxylic acids is 7. The number of hydrogen-bond donors (Lipinski definition) is 12. The van der Waals surface area contributed by atoms with Gasteiger partial charge in [0, 0.05) is 25.8 Å². The number of phenols is 2. The Morgan fingerprint density at radius 2 is 1.17 bits per heavy atom. The predicted octanol–water partition coefficient (Wildman–Crippen LogP) is -3.54. The number of phenolic OH excluding ortho intramolecular Hbond substituents is 2. The number of carboxylic acids is 2. The molecule has 2 aromatic rings. The summed E-state index contributed by atoms with van der Waals surface area (Å²) in [5.41, 5.74) is 11.8. The molecule has 0 unspecified atom stereocenters. The van der Waals surface area contributed by atoms with Gasteiger partial charge in [0.25, 0.3) is 0 Å². The number of rotatable bonds is 22. The van der Waals surface area contributed by atoms with E-state index in [1.807, 2.05) is 0 Å². The van der Waals surface area contributed by atoms with Crippen molar-refractivity contribution in [2.75, 3.05) is 13.2 Å². The third kappa shape index (κ3) is 14.5. The van der Waals surface area contributed by atoms with Crippen LogP contribution >= 0.6 is 0 Å². The van der Waals surface area contributed by atoms with Crippen LogP contribution in [0.15, 0.2) is 48.5 Å². The van der Waals surface area contributed by atoms with Crippen molar-refractivity contribution >= 4 is 53.3 Å². The van der Waals surface area contributed by atoms with Crippen LogP contribution in [0.5, 0.6) is 11.5 Å². The van der Waals surface area contributed by atoms with Crippen LogP contribution in [0.4, 0.5) is 0 Å². The Morgan fingerprint density at radius 1 is 0.700 bits per heavy atom. The van der Waals surface area contributed by atoms with E-state index in [0.717, 1.165) is 4.90 Å². The SMILES string of the molecule is C[C@H](NC(=O)[C@H](Cc1ccc(O)cc1)NC(=O)[C@H](Cc1ccc(O)cc1)NC(=O)[C@@H](N)CC(N)=O)C(=O)N[C@@H](CO)C(=O)N[C@@H](CCC(=O)O)C(=O)N1CCC[C@H]1C(=O)O. The van der Waals surface area contributed by atoms with Crippen LogP contribution in [0.25, 0.3) is 0 Å². The average Bonchev–Trinajstić information content (AvgIpc) is 3.69.